The molecule has 0 aromatic heterocycles. The van der Waals surface area contributed by atoms with Gasteiger partial charge in [0.2, 0.25) is 0 Å². The highest BCUT2D eigenvalue weighted by molar-refractivity contribution is 6.18. The Kier molecular flexibility index (Phi) is 5.43. The molecule has 0 aliphatic carbocycles. The second-order valence-electron chi connectivity index (χ2n) is 4.01. The highest BCUT2D eigenvalue weighted by atomic mass is 35.5. The summed E-state index contributed by atoms with van der Waals surface area (Å²) in [7, 11) is 0. The summed E-state index contributed by atoms with van der Waals surface area (Å²) in [6, 6.07) is -1.00. The molecule has 0 aliphatic heterocycles. The summed E-state index contributed by atoms with van der Waals surface area (Å²) in [6.07, 6.45) is -0.587. The van der Waals surface area contributed by atoms with Gasteiger partial charge in [-0.05, 0) is 27.2 Å². The zero-order chi connectivity index (χ0) is 12.1. The van der Waals surface area contributed by atoms with Gasteiger partial charge in [-0.2, -0.15) is 0 Å². The molecule has 15 heavy (non-hydrogen) atoms. The standard InChI is InChI=1S/C9H16ClNO4/c1-9(2,3)15-8(14)11-6(4-5-10)7(12)13/h6H,4-5H2,1-3H3,(H,11,14)(H,12,13)/t6-/m0/s1. The Morgan fingerprint density at radius 1 is 1.47 bits per heavy atom. The Bertz CT molecular complexity index is 237. The molecule has 0 spiro atoms. The van der Waals surface area contributed by atoms with E-state index in [0.29, 0.717) is 0 Å². The van der Waals surface area contributed by atoms with Crippen LogP contribution in [0.4, 0.5) is 4.79 Å². The lowest BCUT2D eigenvalue weighted by Gasteiger charge is -2.21. The van der Waals surface area contributed by atoms with Gasteiger partial charge in [-0.1, -0.05) is 0 Å². The number of carbonyl (C=O) groups excluding carboxylic acids is 1. The van der Waals surface area contributed by atoms with Crippen molar-refractivity contribution in [2.75, 3.05) is 5.88 Å². The van der Waals surface area contributed by atoms with Crippen LogP contribution in [0.3, 0.4) is 0 Å². The number of halogens is 1. The van der Waals surface area contributed by atoms with E-state index < -0.39 is 23.7 Å². The highest BCUT2D eigenvalue weighted by Crippen LogP contribution is 2.07. The SMILES string of the molecule is CC(C)(C)OC(=O)N[C@@H](CCCl)C(=O)O. The molecule has 6 heteroatoms. The molecule has 0 aliphatic rings. The van der Waals surface area contributed by atoms with Crippen LogP contribution >= 0.6 is 11.6 Å². The number of amides is 1. The Hall–Kier alpha value is -0.970. The number of alkyl carbamates (subject to hydrolysis) is 1. The first kappa shape index (κ1) is 14.0. The number of carbonyl (C=O) groups is 2. The molecule has 2 N–H and O–H groups in total. The first-order chi connectivity index (χ1) is 6.76. The molecule has 88 valence electrons. The second-order valence-corrected chi connectivity index (χ2v) is 4.39. The summed E-state index contributed by atoms with van der Waals surface area (Å²) in [5.74, 6) is -0.964. The minimum absolute atomic E-state index is 0.159. The zero-order valence-electron chi connectivity index (χ0n) is 9.04. The van der Waals surface area contributed by atoms with Crippen LogP contribution in [0.2, 0.25) is 0 Å². The van der Waals surface area contributed by atoms with Gasteiger partial charge in [0.05, 0.1) is 0 Å². The molecule has 0 aromatic rings. The van der Waals surface area contributed by atoms with Gasteiger partial charge >= 0.3 is 12.1 Å². The van der Waals surface area contributed by atoms with E-state index in [4.69, 9.17) is 21.4 Å². The molecule has 0 unspecified atom stereocenters. The van der Waals surface area contributed by atoms with Gasteiger partial charge < -0.3 is 15.2 Å². The average molecular weight is 238 g/mol. The molecule has 0 bridgehead atoms. The number of ether oxygens (including phenoxy) is 1. The molecule has 0 saturated carbocycles. The van der Waals surface area contributed by atoms with Crippen molar-refractivity contribution in [1.29, 1.82) is 0 Å². The van der Waals surface area contributed by atoms with E-state index >= 15 is 0 Å². The number of hydrogen-bond acceptors (Lipinski definition) is 3. The third-order valence-corrected chi connectivity index (χ3v) is 1.61. The molecular weight excluding hydrogens is 222 g/mol. The van der Waals surface area contributed by atoms with E-state index in [9.17, 15) is 9.59 Å². The minimum atomic E-state index is -1.12. The molecule has 5 nitrogen and oxygen atoms in total. The molecule has 0 heterocycles. The van der Waals surface area contributed by atoms with Gasteiger partial charge in [0.25, 0.3) is 0 Å². The fraction of sp³-hybridized carbons (Fsp3) is 0.778. The van der Waals surface area contributed by atoms with E-state index in [2.05, 4.69) is 5.32 Å². The van der Waals surface area contributed by atoms with Crippen molar-refractivity contribution in [2.45, 2.75) is 38.8 Å². The van der Waals surface area contributed by atoms with Crippen LogP contribution in [0.15, 0.2) is 0 Å². The molecule has 0 saturated heterocycles. The summed E-state index contributed by atoms with van der Waals surface area (Å²) in [5, 5.41) is 11.0. The van der Waals surface area contributed by atoms with Crippen LogP contribution in [0.25, 0.3) is 0 Å². The van der Waals surface area contributed by atoms with Crippen LogP contribution in [0.5, 0.6) is 0 Å². The molecule has 0 radical (unpaired) electrons. The number of alkyl halides is 1. The molecule has 1 atom stereocenters. The Labute approximate surface area is 93.7 Å². The van der Waals surface area contributed by atoms with E-state index in [1.54, 1.807) is 20.8 Å². The quantitative estimate of drug-likeness (QED) is 0.728. The summed E-state index contributed by atoms with van der Waals surface area (Å²) in [5.41, 5.74) is -0.645. The lowest BCUT2D eigenvalue weighted by Crippen LogP contribution is -2.43. The van der Waals surface area contributed by atoms with Crippen LogP contribution in [-0.4, -0.2) is 34.7 Å². The molecular formula is C9H16ClNO4. The van der Waals surface area contributed by atoms with Gasteiger partial charge in [0.15, 0.2) is 0 Å². The number of aliphatic carboxylic acids is 1. The predicted molar refractivity (Wildman–Crippen MR) is 56.1 cm³/mol. The largest absolute Gasteiger partial charge is 0.480 e. The van der Waals surface area contributed by atoms with E-state index in [1.807, 2.05) is 0 Å². The average Bonchev–Trinajstić information content (AvgIpc) is 1.99. The van der Waals surface area contributed by atoms with Crippen LogP contribution in [0.1, 0.15) is 27.2 Å². The predicted octanol–water partition coefficient (Wildman–Crippen LogP) is 1.59. The molecule has 0 fully saturated rings. The maximum atomic E-state index is 11.2. The maximum absolute atomic E-state index is 11.2. The number of carboxylic acids is 1. The highest BCUT2D eigenvalue weighted by Gasteiger charge is 2.23. The first-order valence-electron chi connectivity index (χ1n) is 4.54. The van der Waals surface area contributed by atoms with Gasteiger partial charge in [-0.25, -0.2) is 9.59 Å². The smallest absolute Gasteiger partial charge is 0.408 e. The van der Waals surface area contributed by atoms with Crippen LogP contribution < -0.4 is 5.32 Å². The number of rotatable bonds is 4. The van der Waals surface area contributed by atoms with Gasteiger partial charge in [-0.15, -0.1) is 11.6 Å². The fourth-order valence-corrected chi connectivity index (χ4v) is 1.03. The molecule has 0 aromatic carbocycles. The van der Waals surface area contributed by atoms with E-state index in [-0.39, 0.29) is 12.3 Å². The van der Waals surface area contributed by atoms with Crippen molar-refractivity contribution >= 4 is 23.7 Å². The van der Waals surface area contributed by atoms with Crippen molar-refractivity contribution in [3.63, 3.8) is 0 Å². The zero-order valence-corrected chi connectivity index (χ0v) is 9.80. The van der Waals surface area contributed by atoms with E-state index in [1.165, 1.54) is 0 Å². The third kappa shape index (κ3) is 7.02. The van der Waals surface area contributed by atoms with Crippen molar-refractivity contribution in [2.24, 2.45) is 0 Å². The summed E-state index contributed by atoms with van der Waals surface area (Å²) < 4.78 is 4.91. The molecule has 0 rings (SSSR count). The Morgan fingerprint density at radius 3 is 2.33 bits per heavy atom. The monoisotopic (exact) mass is 237 g/mol. The first-order valence-corrected chi connectivity index (χ1v) is 5.08. The van der Waals surface area contributed by atoms with Gasteiger partial charge in [0, 0.05) is 5.88 Å². The lowest BCUT2D eigenvalue weighted by molar-refractivity contribution is -0.139. The Morgan fingerprint density at radius 2 is 2.00 bits per heavy atom. The number of carboxylic acid groups (broad SMARTS) is 1. The van der Waals surface area contributed by atoms with Gasteiger partial charge in [-0.3, -0.25) is 0 Å². The topological polar surface area (TPSA) is 75.6 Å². The van der Waals surface area contributed by atoms with Crippen molar-refractivity contribution < 1.29 is 19.4 Å². The Balaban J connectivity index is 4.18. The van der Waals surface area contributed by atoms with Crippen LogP contribution in [-0.2, 0) is 9.53 Å². The maximum Gasteiger partial charge on any atom is 0.408 e. The summed E-state index contributed by atoms with van der Waals surface area (Å²) in [6.45, 7) is 5.09. The number of nitrogens with one attached hydrogen (secondary N) is 1. The van der Waals surface area contributed by atoms with Crippen molar-refractivity contribution in [3.05, 3.63) is 0 Å². The number of hydrogen-bond donors (Lipinski definition) is 2. The second kappa shape index (κ2) is 5.80. The third-order valence-electron chi connectivity index (χ3n) is 1.39. The fourth-order valence-electron chi connectivity index (χ4n) is 0.816. The normalized spacial score (nSPS) is 13.1. The van der Waals surface area contributed by atoms with Crippen molar-refractivity contribution in [3.8, 4) is 0 Å². The lowest BCUT2D eigenvalue weighted by atomic mass is 10.2. The van der Waals surface area contributed by atoms with Crippen LogP contribution in [0, 0.1) is 0 Å². The van der Waals surface area contributed by atoms with E-state index in [0.717, 1.165) is 0 Å². The summed E-state index contributed by atoms with van der Waals surface area (Å²) in [4.78, 5) is 21.9. The van der Waals surface area contributed by atoms with Gasteiger partial charge in [0.1, 0.15) is 11.6 Å². The summed E-state index contributed by atoms with van der Waals surface area (Å²) >= 11 is 5.40. The van der Waals surface area contributed by atoms with Crippen molar-refractivity contribution in [1.82, 2.24) is 5.32 Å². The minimum Gasteiger partial charge on any atom is -0.480 e. The molecule has 1 amide bonds.